The highest BCUT2D eigenvalue weighted by atomic mass is 14.9. The van der Waals surface area contributed by atoms with Crippen LogP contribution in [0.3, 0.4) is 0 Å². The number of nitrogens with zero attached hydrogens (tertiary/aromatic N) is 1. The van der Waals surface area contributed by atoms with Crippen molar-refractivity contribution in [3.8, 4) is 0 Å². The van der Waals surface area contributed by atoms with Crippen LogP contribution >= 0.6 is 0 Å². The second-order valence-electron chi connectivity index (χ2n) is 4.24. The second-order valence-corrected chi connectivity index (χ2v) is 4.24. The molecular weight excluding hydrogens is 210 g/mol. The summed E-state index contributed by atoms with van der Waals surface area (Å²) in [6.45, 7) is 4.13. The average Bonchev–Trinajstić information content (AvgIpc) is 2.34. The maximum Gasteiger partial charge on any atom is 0.0578 e. The predicted molar refractivity (Wildman–Crippen MR) is 71.9 cm³/mol. The van der Waals surface area contributed by atoms with E-state index in [2.05, 4.69) is 29.4 Å². The van der Waals surface area contributed by atoms with Gasteiger partial charge in [0.05, 0.1) is 17.4 Å². The fraction of sp³-hybridized carbons (Fsp3) is 0.214. The minimum Gasteiger partial charge on any atom is -0.397 e. The molecule has 1 aromatic heterocycles. The van der Waals surface area contributed by atoms with Crippen molar-refractivity contribution in [1.82, 2.24) is 4.98 Å². The first kappa shape index (κ1) is 11.5. The number of rotatable bonds is 3. The molecule has 17 heavy (non-hydrogen) atoms. The lowest BCUT2D eigenvalue weighted by Gasteiger charge is -2.17. The fourth-order valence-corrected chi connectivity index (χ4v) is 1.76. The summed E-state index contributed by atoms with van der Waals surface area (Å²) < 4.78 is 0. The zero-order chi connectivity index (χ0) is 12.3. The maximum absolute atomic E-state index is 5.97. The number of nitrogens with two attached hydrogens (primary N) is 1. The van der Waals surface area contributed by atoms with E-state index in [9.17, 15) is 0 Å². The molecule has 0 bridgehead atoms. The van der Waals surface area contributed by atoms with E-state index in [1.165, 1.54) is 5.56 Å². The maximum atomic E-state index is 5.97. The smallest absolute Gasteiger partial charge is 0.0578 e. The van der Waals surface area contributed by atoms with Crippen LogP contribution in [0.4, 0.5) is 11.4 Å². The van der Waals surface area contributed by atoms with Gasteiger partial charge in [0, 0.05) is 12.4 Å². The van der Waals surface area contributed by atoms with Gasteiger partial charge in [-0.05, 0) is 43.2 Å². The van der Waals surface area contributed by atoms with Crippen molar-refractivity contribution in [3.05, 3.63) is 53.9 Å². The number of anilines is 2. The van der Waals surface area contributed by atoms with Gasteiger partial charge in [-0.1, -0.05) is 12.1 Å². The summed E-state index contributed by atoms with van der Waals surface area (Å²) in [7, 11) is 0. The van der Waals surface area contributed by atoms with Crippen molar-refractivity contribution in [1.29, 1.82) is 0 Å². The molecule has 0 saturated carbocycles. The van der Waals surface area contributed by atoms with Crippen LogP contribution in [-0.2, 0) is 0 Å². The number of aromatic nitrogens is 1. The number of pyridine rings is 1. The molecule has 1 aromatic carbocycles. The van der Waals surface area contributed by atoms with Gasteiger partial charge >= 0.3 is 0 Å². The third kappa shape index (κ3) is 2.75. The molecule has 0 aliphatic rings. The molecule has 2 rings (SSSR count). The molecule has 0 fully saturated rings. The van der Waals surface area contributed by atoms with Crippen molar-refractivity contribution < 1.29 is 0 Å². The second kappa shape index (κ2) is 4.87. The summed E-state index contributed by atoms with van der Waals surface area (Å²) in [5.41, 5.74) is 10.0. The van der Waals surface area contributed by atoms with Gasteiger partial charge in [0.2, 0.25) is 0 Å². The summed E-state index contributed by atoms with van der Waals surface area (Å²) >= 11 is 0. The molecular formula is C14H17N3. The molecule has 1 heterocycles. The molecule has 0 aliphatic carbocycles. The van der Waals surface area contributed by atoms with E-state index in [0.29, 0.717) is 0 Å². The van der Waals surface area contributed by atoms with Crippen molar-refractivity contribution in [3.63, 3.8) is 0 Å². The van der Waals surface area contributed by atoms with Gasteiger partial charge in [-0.3, -0.25) is 4.98 Å². The first-order valence-electron chi connectivity index (χ1n) is 5.69. The quantitative estimate of drug-likeness (QED) is 0.792. The van der Waals surface area contributed by atoms with Gasteiger partial charge in [-0.2, -0.15) is 0 Å². The molecule has 0 saturated heterocycles. The monoisotopic (exact) mass is 227 g/mol. The van der Waals surface area contributed by atoms with E-state index in [1.807, 2.05) is 31.3 Å². The zero-order valence-corrected chi connectivity index (χ0v) is 10.1. The summed E-state index contributed by atoms with van der Waals surface area (Å²) in [5, 5.41) is 3.39. The van der Waals surface area contributed by atoms with Gasteiger partial charge in [-0.15, -0.1) is 0 Å². The molecule has 3 nitrogen and oxygen atoms in total. The minimum atomic E-state index is 0.189. The summed E-state index contributed by atoms with van der Waals surface area (Å²) in [4.78, 5) is 4.11. The molecule has 3 heteroatoms. The first-order valence-corrected chi connectivity index (χ1v) is 5.69. The van der Waals surface area contributed by atoms with Crippen molar-refractivity contribution >= 4 is 11.4 Å². The number of hydrogen-bond acceptors (Lipinski definition) is 3. The molecule has 0 radical (unpaired) electrons. The van der Waals surface area contributed by atoms with Crippen molar-refractivity contribution in [2.45, 2.75) is 19.9 Å². The number of hydrogen-bond donors (Lipinski definition) is 2. The van der Waals surface area contributed by atoms with Crippen LogP contribution in [-0.4, -0.2) is 4.98 Å². The van der Waals surface area contributed by atoms with Gasteiger partial charge in [0.1, 0.15) is 0 Å². The van der Waals surface area contributed by atoms with Gasteiger partial charge in [0.25, 0.3) is 0 Å². The Morgan fingerprint density at radius 3 is 2.76 bits per heavy atom. The van der Waals surface area contributed by atoms with E-state index >= 15 is 0 Å². The Bertz CT molecular complexity index is 494. The Hall–Kier alpha value is -2.03. The summed E-state index contributed by atoms with van der Waals surface area (Å²) in [6, 6.07) is 10.2. The van der Waals surface area contributed by atoms with Gasteiger partial charge in [0.15, 0.2) is 0 Å². The first-order chi connectivity index (χ1) is 8.16. The Morgan fingerprint density at radius 2 is 2.12 bits per heavy atom. The summed E-state index contributed by atoms with van der Waals surface area (Å²) in [6.07, 6.45) is 3.64. The van der Waals surface area contributed by atoms with E-state index in [1.54, 1.807) is 6.20 Å². The highest BCUT2D eigenvalue weighted by molar-refractivity contribution is 5.67. The molecule has 3 N–H and O–H groups in total. The van der Waals surface area contributed by atoms with Crippen LogP contribution in [0.2, 0.25) is 0 Å². The predicted octanol–water partition coefficient (Wildman–Crippen LogP) is 3.15. The molecule has 2 aromatic rings. The Labute approximate surface area is 102 Å². The standard InChI is InChI=1S/C14H17N3/c1-10-5-6-14(13(15)8-10)17-11(2)12-4-3-7-16-9-12/h3-9,11,17H,15H2,1-2H3. The number of benzene rings is 1. The zero-order valence-electron chi connectivity index (χ0n) is 10.1. The SMILES string of the molecule is Cc1ccc(NC(C)c2cccnc2)c(N)c1. The molecule has 1 unspecified atom stereocenters. The third-order valence-electron chi connectivity index (χ3n) is 2.76. The Kier molecular flexibility index (Phi) is 3.28. The lowest BCUT2D eigenvalue weighted by atomic mass is 10.1. The highest BCUT2D eigenvalue weighted by Crippen LogP contribution is 2.24. The average molecular weight is 227 g/mol. The summed E-state index contributed by atoms with van der Waals surface area (Å²) in [5.74, 6) is 0. The molecule has 1 atom stereocenters. The van der Waals surface area contributed by atoms with E-state index in [-0.39, 0.29) is 6.04 Å². The van der Waals surface area contributed by atoms with E-state index < -0.39 is 0 Å². The van der Waals surface area contributed by atoms with Crippen molar-refractivity contribution in [2.75, 3.05) is 11.1 Å². The van der Waals surface area contributed by atoms with Gasteiger partial charge in [-0.25, -0.2) is 0 Å². The van der Waals surface area contributed by atoms with Gasteiger partial charge < -0.3 is 11.1 Å². The topological polar surface area (TPSA) is 50.9 Å². The van der Waals surface area contributed by atoms with E-state index in [4.69, 9.17) is 5.73 Å². The van der Waals surface area contributed by atoms with Crippen LogP contribution in [0.5, 0.6) is 0 Å². The largest absolute Gasteiger partial charge is 0.397 e. The lowest BCUT2D eigenvalue weighted by molar-refractivity contribution is 0.876. The molecule has 0 aliphatic heterocycles. The minimum absolute atomic E-state index is 0.189. The normalized spacial score (nSPS) is 12.1. The lowest BCUT2D eigenvalue weighted by Crippen LogP contribution is -2.08. The van der Waals surface area contributed by atoms with Crippen LogP contribution in [0.25, 0.3) is 0 Å². The molecule has 88 valence electrons. The molecule has 0 spiro atoms. The number of nitrogens with one attached hydrogen (secondary N) is 1. The van der Waals surface area contributed by atoms with E-state index in [0.717, 1.165) is 16.9 Å². The molecule has 0 amide bonds. The van der Waals surface area contributed by atoms with Crippen LogP contribution < -0.4 is 11.1 Å². The fourth-order valence-electron chi connectivity index (χ4n) is 1.76. The Morgan fingerprint density at radius 1 is 1.29 bits per heavy atom. The van der Waals surface area contributed by atoms with Crippen LogP contribution in [0.1, 0.15) is 24.1 Å². The third-order valence-corrected chi connectivity index (χ3v) is 2.76. The van der Waals surface area contributed by atoms with Crippen LogP contribution in [0, 0.1) is 6.92 Å². The highest BCUT2D eigenvalue weighted by Gasteiger charge is 2.06. The Balaban J connectivity index is 2.16. The van der Waals surface area contributed by atoms with Crippen LogP contribution in [0.15, 0.2) is 42.7 Å². The number of nitrogen functional groups attached to an aromatic ring is 1. The van der Waals surface area contributed by atoms with Crippen molar-refractivity contribution in [2.24, 2.45) is 0 Å². The number of aryl methyl sites for hydroxylation is 1.